The Kier molecular flexibility index (Phi) is 3.78. The van der Waals surface area contributed by atoms with E-state index in [0.717, 1.165) is 0 Å². The van der Waals surface area contributed by atoms with Crippen molar-refractivity contribution in [2.75, 3.05) is 7.11 Å². The summed E-state index contributed by atoms with van der Waals surface area (Å²) in [6, 6.07) is 13.7. The molecule has 0 radical (unpaired) electrons. The molecule has 0 heterocycles. The number of fused-ring (bicyclic) bond motifs is 1. The molecule has 4 nitrogen and oxygen atoms in total. The predicted octanol–water partition coefficient (Wildman–Crippen LogP) is 3.39. The molecular formula is C19H18O4. The number of benzene rings is 2. The summed E-state index contributed by atoms with van der Waals surface area (Å²) in [6.07, 6.45) is -0.278. The minimum atomic E-state index is -1.61. The monoisotopic (exact) mass is 310 g/mol. The van der Waals surface area contributed by atoms with Gasteiger partial charge in [0.05, 0.1) is 13.2 Å². The molecule has 23 heavy (non-hydrogen) atoms. The lowest BCUT2D eigenvalue weighted by Crippen LogP contribution is -2.43. The normalized spacial score (nSPS) is 15.8. The van der Waals surface area contributed by atoms with Gasteiger partial charge < -0.3 is 9.47 Å². The van der Waals surface area contributed by atoms with E-state index in [0.29, 0.717) is 22.4 Å². The predicted molar refractivity (Wildman–Crippen MR) is 86.0 cm³/mol. The topological polar surface area (TPSA) is 52.6 Å². The van der Waals surface area contributed by atoms with E-state index in [4.69, 9.17) is 9.47 Å². The maximum absolute atomic E-state index is 13.0. The number of rotatable bonds is 4. The largest absolute Gasteiger partial charge is 0.497 e. The SMILES string of the molecule is COc1ccc(C2(OC(C)C)C(=O)c3ccccc3C2=O)cc1. The quantitative estimate of drug-likeness (QED) is 0.812. The standard InChI is InChI=1S/C19H18O4/c1-12(2)23-19(13-8-10-14(22-3)11-9-13)17(20)15-6-4-5-7-16(15)18(19)21/h4-12H,1-3H3. The maximum Gasteiger partial charge on any atom is 0.219 e. The smallest absolute Gasteiger partial charge is 0.219 e. The van der Waals surface area contributed by atoms with Crippen LogP contribution in [0.2, 0.25) is 0 Å². The Morgan fingerprint density at radius 2 is 1.39 bits per heavy atom. The first kappa shape index (κ1) is 15.4. The van der Waals surface area contributed by atoms with Crippen LogP contribution in [0.15, 0.2) is 48.5 Å². The molecule has 0 amide bonds. The molecule has 0 N–H and O–H groups in total. The zero-order valence-electron chi connectivity index (χ0n) is 13.3. The van der Waals surface area contributed by atoms with Gasteiger partial charge in [0.2, 0.25) is 17.2 Å². The van der Waals surface area contributed by atoms with Gasteiger partial charge >= 0.3 is 0 Å². The van der Waals surface area contributed by atoms with Crippen LogP contribution in [-0.4, -0.2) is 24.8 Å². The van der Waals surface area contributed by atoms with Crippen LogP contribution in [-0.2, 0) is 10.3 Å². The first-order valence-corrected chi connectivity index (χ1v) is 7.51. The van der Waals surface area contributed by atoms with Crippen LogP contribution in [0.4, 0.5) is 0 Å². The molecule has 0 aliphatic heterocycles. The van der Waals surface area contributed by atoms with Crippen LogP contribution in [0.3, 0.4) is 0 Å². The Balaban J connectivity index is 2.19. The number of ether oxygens (including phenoxy) is 2. The van der Waals surface area contributed by atoms with Crippen molar-refractivity contribution in [1.29, 1.82) is 0 Å². The van der Waals surface area contributed by atoms with Crippen molar-refractivity contribution in [2.45, 2.75) is 25.6 Å². The summed E-state index contributed by atoms with van der Waals surface area (Å²) in [5.41, 5.74) is -0.259. The molecule has 1 aliphatic carbocycles. The van der Waals surface area contributed by atoms with Crippen molar-refractivity contribution in [3.8, 4) is 5.75 Å². The zero-order valence-corrected chi connectivity index (χ0v) is 13.3. The van der Waals surface area contributed by atoms with Gasteiger partial charge in [0.25, 0.3) is 0 Å². The van der Waals surface area contributed by atoms with Crippen molar-refractivity contribution >= 4 is 11.6 Å². The number of ketones is 2. The molecular weight excluding hydrogens is 292 g/mol. The van der Waals surface area contributed by atoms with Gasteiger partial charge in [-0.05, 0) is 31.5 Å². The third kappa shape index (κ3) is 2.26. The Hall–Kier alpha value is -2.46. The molecule has 0 spiro atoms. The molecule has 1 aliphatic rings. The summed E-state index contributed by atoms with van der Waals surface area (Å²) in [5, 5.41) is 0. The molecule has 0 fully saturated rings. The lowest BCUT2D eigenvalue weighted by molar-refractivity contribution is -0.0401. The van der Waals surface area contributed by atoms with Crippen molar-refractivity contribution in [3.05, 3.63) is 65.2 Å². The van der Waals surface area contributed by atoms with E-state index in [-0.39, 0.29) is 17.7 Å². The van der Waals surface area contributed by atoms with Gasteiger partial charge in [-0.1, -0.05) is 36.4 Å². The van der Waals surface area contributed by atoms with E-state index in [2.05, 4.69) is 0 Å². The third-order valence-electron chi connectivity index (χ3n) is 3.96. The summed E-state index contributed by atoms with van der Waals surface area (Å²) < 4.78 is 11.1. The third-order valence-corrected chi connectivity index (χ3v) is 3.96. The summed E-state index contributed by atoms with van der Waals surface area (Å²) in [6.45, 7) is 3.63. The van der Waals surface area contributed by atoms with Gasteiger partial charge in [0.1, 0.15) is 5.75 Å². The molecule has 118 valence electrons. The molecule has 0 bridgehead atoms. The lowest BCUT2D eigenvalue weighted by atomic mass is 9.88. The first-order chi connectivity index (χ1) is 11.0. The first-order valence-electron chi connectivity index (χ1n) is 7.51. The van der Waals surface area contributed by atoms with Gasteiger partial charge in [0.15, 0.2) is 0 Å². The number of methoxy groups -OCH3 is 1. The van der Waals surface area contributed by atoms with Crippen LogP contribution in [0.1, 0.15) is 40.1 Å². The van der Waals surface area contributed by atoms with Gasteiger partial charge in [-0.2, -0.15) is 0 Å². The summed E-state index contributed by atoms with van der Waals surface area (Å²) in [5.74, 6) is 0.0396. The van der Waals surface area contributed by atoms with Gasteiger partial charge in [-0.15, -0.1) is 0 Å². The fourth-order valence-corrected chi connectivity index (χ4v) is 2.98. The number of carbonyl (C=O) groups is 2. The van der Waals surface area contributed by atoms with Crippen LogP contribution < -0.4 is 4.74 Å². The van der Waals surface area contributed by atoms with Crippen LogP contribution in [0.25, 0.3) is 0 Å². The molecule has 0 unspecified atom stereocenters. The highest BCUT2D eigenvalue weighted by Crippen LogP contribution is 2.41. The minimum absolute atomic E-state index is 0.278. The fraction of sp³-hybridized carbons (Fsp3) is 0.263. The Morgan fingerprint density at radius 1 is 0.870 bits per heavy atom. The Bertz CT molecular complexity index is 724. The van der Waals surface area contributed by atoms with Crippen LogP contribution >= 0.6 is 0 Å². The second-order valence-electron chi connectivity index (χ2n) is 5.78. The van der Waals surface area contributed by atoms with E-state index in [1.54, 1.807) is 55.6 Å². The van der Waals surface area contributed by atoms with Crippen molar-refractivity contribution in [1.82, 2.24) is 0 Å². The lowest BCUT2D eigenvalue weighted by Gasteiger charge is -2.29. The fourth-order valence-electron chi connectivity index (χ4n) is 2.98. The minimum Gasteiger partial charge on any atom is -0.497 e. The average Bonchev–Trinajstić information content (AvgIpc) is 2.78. The zero-order chi connectivity index (χ0) is 16.6. The van der Waals surface area contributed by atoms with Crippen LogP contribution in [0, 0.1) is 0 Å². The highest BCUT2D eigenvalue weighted by Gasteiger charge is 2.55. The number of hydrogen-bond donors (Lipinski definition) is 0. The van der Waals surface area contributed by atoms with Gasteiger partial charge in [0, 0.05) is 11.1 Å². The van der Waals surface area contributed by atoms with E-state index >= 15 is 0 Å². The van der Waals surface area contributed by atoms with Gasteiger partial charge in [-0.3, -0.25) is 9.59 Å². The molecule has 2 aromatic carbocycles. The number of carbonyl (C=O) groups excluding carboxylic acids is 2. The van der Waals surface area contributed by atoms with E-state index in [1.807, 2.05) is 13.8 Å². The van der Waals surface area contributed by atoms with Crippen molar-refractivity contribution in [2.24, 2.45) is 0 Å². The van der Waals surface area contributed by atoms with E-state index < -0.39 is 5.60 Å². The van der Waals surface area contributed by atoms with Crippen LogP contribution in [0.5, 0.6) is 5.75 Å². The number of hydrogen-bond acceptors (Lipinski definition) is 4. The molecule has 0 aromatic heterocycles. The molecule has 4 heteroatoms. The van der Waals surface area contributed by atoms with Crippen molar-refractivity contribution in [3.63, 3.8) is 0 Å². The molecule has 0 atom stereocenters. The Labute approximate surface area is 135 Å². The van der Waals surface area contributed by atoms with E-state index in [1.165, 1.54) is 0 Å². The second kappa shape index (κ2) is 5.63. The molecule has 3 rings (SSSR count). The highest BCUT2D eigenvalue weighted by atomic mass is 16.5. The number of Topliss-reactive ketones (excluding diaryl/α,β-unsaturated/α-hetero) is 2. The average molecular weight is 310 g/mol. The van der Waals surface area contributed by atoms with Gasteiger partial charge in [-0.25, -0.2) is 0 Å². The second-order valence-corrected chi connectivity index (χ2v) is 5.78. The maximum atomic E-state index is 13.0. The molecule has 0 saturated carbocycles. The molecule has 0 saturated heterocycles. The summed E-state index contributed by atoms with van der Waals surface area (Å²) in [7, 11) is 1.57. The van der Waals surface area contributed by atoms with E-state index in [9.17, 15) is 9.59 Å². The molecule has 2 aromatic rings. The Morgan fingerprint density at radius 3 is 1.83 bits per heavy atom. The summed E-state index contributed by atoms with van der Waals surface area (Å²) in [4.78, 5) is 26.1. The summed E-state index contributed by atoms with van der Waals surface area (Å²) >= 11 is 0. The highest BCUT2D eigenvalue weighted by molar-refractivity contribution is 6.32. The van der Waals surface area contributed by atoms with Crippen molar-refractivity contribution < 1.29 is 19.1 Å².